The number of ether oxygens (including phenoxy) is 2. The molecule has 0 heterocycles. The normalized spacial score (nSPS) is 12.9. The molecular weight excluding hydrogens is 470 g/mol. The molecule has 35 heavy (non-hydrogen) atoms. The van der Waals surface area contributed by atoms with Crippen molar-refractivity contribution in [3.05, 3.63) is 54.1 Å². The van der Waals surface area contributed by atoms with Gasteiger partial charge in [-0.25, -0.2) is 8.42 Å². The van der Waals surface area contributed by atoms with Crippen molar-refractivity contribution in [3.8, 4) is 11.5 Å². The fourth-order valence-electron chi connectivity index (χ4n) is 3.41. The predicted molar refractivity (Wildman–Crippen MR) is 136 cm³/mol. The summed E-state index contributed by atoms with van der Waals surface area (Å²) in [5.41, 5.74) is 1.01. The van der Waals surface area contributed by atoms with E-state index in [9.17, 15) is 18.0 Å². The quantitative estimate of drug-likeness (QED) is 0.476. The molecule has 0 saturated heterocycles. The molecule has 2 aromatic carbocycles. The van der Waals surface area contributed by atoms with Crippen LogP contribution < -0.4 is 19.1 Å². The Morgan fingerprint density at radius 2 is 1.63 bits per heavy atom. The van der Waals surface area contributed by atoms with Crippen LogP contribution in [0.5, 0.6) is 11.5 Å². The van der Waals surface area contributed by atoms with Gasteiger partial charge >= 0.3 is 0 Å². The molecule has 10 heteroatoms. The van der Waals surface area contributed by atoms with Gasteiger partial charge in [-0.05, 0) is 50.1 Å². The molecule has 192 valence electrons. The molecule has 2 amide bonds. The first-order valence-corrected chi connectivity index (χ1v) is 13.2. The molecular formula is C25H35N3O6S. The Bertz CT molecular complexity index is 1100. The first-order valence-electron chi connectivity index (χ1n) is 11.3. The van der Waals surface area contributed by atoms with E-state index >= 15 is 0 Å². The van der Waals surface area contributed by atoms with Crippen LogP contribution in [0, 0.1) is 0 Å². The number of carbonyl (C=O) groups is 2. The highest BCUT2D eigenvalue weighted by Crippen LogP contribution is 2.29. The molecule has 0 aliphatic rings. The molecule has 0 aliphatic heterocycles. The SMILES string of the molecule is CC[C@@H](C)NC(=O)[C@@H](C)N(Cc1ccc(OC)cc1)C(=O)CN(c1ccccc1OC)S(C)(=O)=O. The summed E-state index contributed by atoms with van der Waals surface area (Å²) in [6, 6.07) is 12.8. The van der Waals surface area contributed by atoms with Gasteiger partial charge in [-0.15, -0.1) is 0 Å². The molecule has 1 N–H and O–H groups in total. The molecule has 0 saturated carbocycles. The Morgan fingerprint density at radius 1 is 1.00 bits per heavy atom. The summed E-state index contributed by atoms with van der Waals surface area (Å²) in [6.07, 6.45) is 1.76. The molecule has 0 spiro atoms. The number of nitrogens with zero attached hydrogens (tertiary/aromatic N) is 2. The first kappa shape index (κ1) is 28.0. The van der Waals surface area contributed by atoms with Crippen LogP contribution in [0.3, 0.4) is 0 Å². The number of anilines is 1. The summed E-state index contributed by atoms with van der Waals surface area (Å²) >= 11 is 0. The Hall–Kier alpha value is -3.27. The van der Waals surface area contributed by atoms with Crippen LogP contribution in [-0.4, -0.2) is 64.2 Å². The zero-order valence-corrected chi connectivity index (χ0v) is 22.0. The van der Waals surface area contributed by atoms with Gasteiger partial charge in [0.05, 0.1) is 26.2 Å². The average molecular weight is 506 g/mol. The van der Waals surface area contributed by atoms with E-state index in [1.54, 1.807) is 62.6 Å². The van der Waals surface area contributed by atoms with Crippen LogP contribution >= 0.6 is 0 Å². The predicted octanol–water partition coefficient (Wildman–Crippen LogP) is 2.80. The lowest BCUT2D eigenvalue weighted by Gasteiger charge is -2.32. The number of hydrogen-bond donors (Lipinski definition) is 1. The number of carbonyl (C=O) groups excluding carboxylic acids is 2. The van der Waals surface area contributed by atoms with Crippen LogP contribution in [0.25, 0.3) is 0 Å². The molecule has 2 atom stereocenters. The van der Waals surface area contributed by atoms with Gasteiger partial charge in [-0.3, -0.25) is 13.9 Å². The topological polar surface area (TPSA) is 105 Å². The molecule has 0 fully saturated rings. The Labute approximate surface area is 208 Å². The van der Waals surface area contributed by atoms with Gasteiger partial charge in [0.15, 0.2) is 0 Å². The molecule has 2 rings (SSSR count). The Kier molecular flexibility index (Phi) is 9.94. The number of methoxy groups -OCH3 is 2. The van der Waals surface area contributed by atoms with E-state index in [0.29, 0.717) is 11.5 Å². The van der Waals surface area contributed by atoms with E-state index in [4.69, 9.17) is 9.47 Å². The van der Waals surface area contributed by atoms with E-state index in [0.717, 1.165) is 22.5 Å². The van der Waals surface area contributed by atoms with Crippen molar-refractivity contribution in [2.75, 3.05) is 31.3 Å². The molecule has 9 nitrogen and oxygen atoms in total. The lowest BCUT2D eigenvalue weighted by molar-refractivity contribution is -0.139. The van der Waals surface area contributed by atoms with Crippen LogP contribution in [0.15, 0.2) is 48.5 Å². The van der Waals surface area contributed by atoms with Crippen LogP contribution in [0.2, 0.25) is 0 Å². The molecule has 0 aromatic heterocycles. The summed E-state index contributed by atoms with van der Waals surface area (Å²) in [7, 11) is -0.853. The number of sulfonamides is 1. The minimum absolute atomic E-state index is 0.0658. The van der Waals surface area contributed by atoms with E-state index < -0.39 is 28.5 Å². The zero-order chi connectivity index (χ0) is 26.2. The van der Waals surface area contributed by atoms with Crippen molar-refractivity contribution in [1.29, 1.82) is 0 Å². The second-order valence-electron chi connectivity index (χ2n) is 8.31. The van der Waals surface area contributed by atoms with Gasteiger partial charge in [0.25, 0.3) is 0 Å². The number of amides is 2. The smallest absolute Gasteiger partial charge is 0.244 e. The van der Waals surface area contributed by atoms with E-state index in [1.807, 2.05) is 13.8 Å². The van der Waals surface area contributed by atoms with Crippen molar-refractivity contribution in [1.82, 2.24) is 10.2 Å². The average Bonchev–Trinajstić information content (AvgIpc) is 2.84. The number of benzene rings is 2. The van der Waals surface area contributed by atoms with Gasteiger partial charge in [0.2, 0.25) is 21.8 Å². The van der Waals surface area contributed by atoms with Crippen LogP contribution in [-0.2, 0) is 26.2 Å². The standard InChI is InChI=1S/C25H35N3O6S/c1-7-18(2)26-25(30)19(3)27(16-20-12-14-21(33-4)15-13-20)24(29)17-28(35(6,31)32)22-10-8-9-11-23(22)34-5/h8-15,18-19H,7,16-17H2,1-6H3,(H,26,30)/t18-,19-/m1/s1. The van der Waals surface area contributed by atoms with Gasteiger partial charge in [-0.1, -0.05) is 31.2 Å². The third-order valence-corrected chi connectivity index (χ3v) is 6.84. The van der Waals surface area contributed by atoms with Crippen molar-refractivity contribution in [3.63, 3.8) is 0 Å². The van der Waals surface area contributed by atoms with Gasteiger partial charge in [0, 0.05) is 12.6 Å². The van der Waals surface area contributed by atoms with Crippen molar-refractivity contribution >= 4 is 27.5 Å². The number of rotatable bonds is 12. The highest BCUT2D eigenvalue weighted by molar-refractivity contribution is 7.92. The first-order chi connectivity index (χ1) is 16.5. The number of para-hydroxylation sites is 2. The molecule has 0 aliphatic carbocycles. The van der Waals surface area contributed by atoms with Crippen molar-refractivity contribution < 1.29 is 27.5 Å². The maximum atomic E-state index is 13.6. The molecule has 2 aromatic rings. The van der Waals surface area contributed by atoms with Gasteiger partial charge in [0.1, 0.15) is 24.1 Å². The Morgan fingerprint density at radius 3 is 2.17 bits per heavy atom. The highest BCUT2D eigenvalue weighted by Gasteiger charge is 2.31. The highest BCUT2D eigenvalue weighted by atomic mass is 32.2. The third-order valence-electron chi connectivity index (χ3n) is 5.71. The number of nitrogens with one attached hydrogen (secondary N) is 1. The summed E-state index contributed by atoms with van der Waals surface area (Å²) in [4.78, 5) is 27.9. The molecule has 0 unspecified atom stereocenters. The van der Waals surface area contributed by atoms with E-state index in [2.05, 4.69) is 5.32 Å². The minimum Gasteiger partial charge on any atom is -0.497 e. The largest absolute Gasteiger partial charge is 0.497 e. The summed E-state index contributed by atoms with van der Waals surface area (Å²) in [6.45, 7) is 5.09. The second-order valence-corrected chi connectivity index (χ2v) is 10.2. The maximum absolute atomic E-state index is 13.6. The third kappa shape index (κ3) is 7.61. The van der Waals surface area contributed by atoms with Crippen molar-refractivity contribution in [2.24, 2.45) is 0 Å². The molecule has 0 radical (unpaired) electrons. The maximum Gasteiger partial charge on any atom is 0.244 e. The number of hydrogen-bond acceptors (Lipinski definition) is 6. The van der Waals surface area contributed by atoms with E-state index in [1.165, 1.54) is 12.0 Å². The monoisotopic (exact) mass is 505 g/mol. The lowest BCUT2D eigenvalue weighted by atomic mass is 10.1. The summed E-state index contributed by atoms with van der Waals surface area (Å²) in [5.74, 6) is 0.136. The Balaban J connectivity index is 2.41. The molecule has 0 bridgehead atoms. The van der Waals surface area contributed by atoms with Crippen LogP contribution in [0.1, 0.15) is 32.8 Å². The fourth-order valence-corrected chi connectivity index (χ4v) is 4.26. The fraction of sp³-hybridized carbons (Fsp3) is 0.440. The van der Waals surface area contributed by atoms with Gasteiger partial charge in [-0.2, -0.15) is 0 Å². The minimum atomic E-state index is -3.84. The second kappa shape index (κ2) is 12.4. The summed E-state index contributed by atoms with van der Waals surface area (Å²) < 4.78 is 36.9. The van der Waals surface area contributed by atoms with Crippen LogP contribution in [0.4, 0.5) is 5.69 Å². The van der Waals surface area contributed by atoms with E-state index in [-0.39, 0.29) is 24.2 Å². The van der Waals surface area contributed by atoms with Gasteiger partial charge < -0.3 is 19.7 Å². The lowest BCUT2D eigenvalue weighted by Crippen LogP contribution is -2.52. The zero-order valence-electron chi connectivity index (χ0n) is 21.1. The summed E-state index contributed by atoms with van der Waals surface area (Å²) in [5, 5.41) is 2.90. The van der Waals surface area contributed by atoms with Crippen molar-refractivity contribution in [2.45, 2.75) is 45.8 Å².